The van der Waals surface area contributed by atoms with Gasteiger partial charge >= 0.3 is 0 Å². The van der Waals surface area contributed by atoms with Gasteiger partial charge in [0.05, 0.1) is 23.0 Å². The summed E-state index contributed by atoms with van der Waals surface area (Å²) in [5, 5.41) is 11.5. The van der Waals surface area contributed by atoms with Gasteiger partial charge in [0.1, 0.15) is 5.82 Å². The lowest BCUT2D eigenvalue weighted by Gasteiger charge is -2.03. The number of nitriles is 1. The summed E-state index contributed by atoms with van der Waals surface area (Å²) in [6, 6.07) is 15.2. The molecule has 21 heavy (non-hydrogen) atoms. The third-order valence-corrected chi connectivity index (χ3v) is 2.30. The average Bonchev–Trinajstić information content (AvgIpc) is 2.57. The van der Waals surface area contributed by atoms with Crippen molar-refractivity contribution in [2.75, 3.05) is 12.4 Å². The molecule has 4 heteroatoms. The zero-order valence-electron chi connectivity index (χ0n) is 12.6. The summed E-state index contributed by atoms with van der Waals surface area (Å²) < 4.78 is 11.9. The van der Waals surface area contributed by atoms with Gasteiger partial charge in [0, 0.05) is 7.05 Å². The number of halogens is 1. The van der Waals surface area contributed by atoms with E-state index in [1.807, 2.05) is 13.8 Å². The molecule has 2 aromatic rings. The lowest BCUT2D eigenvalue weighted by molar-refractivity contribution is 0.628. The van der Waals surface area contributed by atoms with E-state index in [0.29, 0.717) is 5.56 Å². The topological polar surface area (TPSA) is 48.2 Å². The van der Waals surface area contributed by atoms with Crippen molar-refractivity contribution >= 4 is 18.1 Å². The number of hydrogen-bond donors (Lipinski definition) is 1. The van der Waals surface area contributed by atoms with Gasteiger partial charge in [-0.1, -0.05) is 32.0 Å². The summed E-state index contributed by atoms with van der Waals surface area (Å²) in [6.45, 7) is 7.42. The lowest BCUT2D eigenvalue weighted by Crippen LogP contribution is -1.88. The number of rotatable bonds is 2. The smallest absolute Gasteiger partial charge is 0.123 e. The van der Waals surface area contributed by atoms with Gasteiger partial charge in [-0.05, 0) is 37.0 Å². The number of anilines is 1. The van der Waals surface area contributed by atoms with Crippen LogP contribution in [0.5, 0.6) is 0 Å². The number of hydrogen-bond acceptors (Lipinski definition) is 3. The van der Waals surface area contributed by atoms with Crippen molar-refractivity contribution in [3.8, 4) is 6.07 Å². The molecule has 0 heterocycles. The first-order valence-electron chi connectivity index (χ1n) is 6.60. The predicted molar refractivity (Wildman–Crippen MR) is 87.7 cm³/mol. The molecule has 0 aliphatic rings. The first-order chi connectivity index (χ1) is 10.2. The molecule has 0 saturated heterocycles. The Morgan fingerprint density at radius 3 is 2.14 bits per heavy atom. The van der Waals surface area contributed by atoms with E-state index in [1.165, 1.54) is 12.1 Å². The molecule has 0 amide bonds. The fourth-order valence-corrected chi connectivity index (χ4v) is 1.36. The minimum Gasteiger partial charge on any atom is -0.386 e. The molecule has 2 rings (SSSR count). The van der Waals surface area contributed by atoms with E-state index in [2.05, 4.69) is 23.1 Å². The molecule has 0 atom stereocenters. The Bertz CT molecular complexity index is 574. The molecule has 0 aliphatic carbocycles. The zero-order chi connectivity index (χ0) is 16.1. The molecule has 2 aromatic carbocycles. The Balaban J connectivity index is 0.000000377. The predicted octanol–water partition coefficient (Wildman–Crippen LogP) is 4.78. The van der Waals surface area contributed by atoms with Crippen LogP contribution in [0.4, 0.5) is 15.8 Å². The van der Waals surface area contributed by atoms with Crippen molar-refractivity contribution in [2.24, 2.45) is 4.99 Å². The summed E-state index contributed by atoms with van der Waals surface area (Å²) in [5.41, 5.74) is 2.20. The quantitative estimate of drug-likeness (QED) is 0.807. The minimum absolute atomic E-state index is 0.178. The van der Waals surface area contributed by atoms with E-state index in [1.54, 1.807) is 43.4 Å². The second kappa shape index (κ2) is 11.2. The monoisotopic (exact) mass is 285 g/mol. The van der Waals surface area contributed by atoms with Crippen molar-refractivity contribution in [3.63, 3.8) is 0 Å². The molecule has 0 aliphatic heterocycles. The zero-order valence-corrected chi connectivity index (χ0v) is 12.6. The molecular weight excluding hydrogens is 265 g/mol. The van der Waals surface area contributed by atoms with E-state index in [0.717, 1.165) is 11.4 Å². The first kappa shape index (κ1) is 18.3. The molecule has 0 fully saturated rings. The van der Waals surface area contributed by atoms with Crippen LogP contribution in [0.3, 0.4) is 0 Å². The number of aliphatic imine (C=N–C) groups is 1. The Morgan fingerprint density at radius 1 is 1.14 bits per heavy atom. The highest BCUT2D eigenvalue weighted by Crippen LogP contribution is 2.24. The minimum atomic E-state index is -0.178. The maximum Gasteiger partial charge on any atom is 0.123 e. The van der Waals surface area contributed by atoms with E-state index < -0.39 is 0 Å². The van der Waals surface area contributed by atoms with Crippen LogP contribution < -0.4 is 5.32 Å². The van der Waals surface area contributed by atoms with Gasteiger partial charge in [-0.15, -0.1) is 0 Å². The van der Waals surface area contributed by atoms with Gasteiger partial charge in [-0.25, -0.2) is 4.39 Å². The van der Waals surface area contributed by atoms with E-state index >= 15 is 0 Å². The highest BCUT2D eigenvalue weighted by Gasteiger charge is 1.98. The van der Waals surface area contributed by atoms with Crippen LogP contribution in [0.2, 0.25) is 0 Å². The Kier molecular flexibility index (Phi) is 9.76. The Hall–Kier alpha value is -2.67. The van der Waals surface area contributed by atoms with Crippen molar-refractivity contribution < 1.29 is 4.39 Å². The van der Waals surface area contributed by atoms with Crippen LogP contribution in [0.25, 0.3) is 0 Å². The van der Waals surface area contributed by atoms with Gasteiger partial charge in [-0.3, -0.25) is 4.99 Å². The summed E-state index contributed by atoms with van der Waals surface area (Å²) >= 11 is 0. The third-order valence-electron chi connectivity index (χ3n) is 2.30. The standard InChI is InChI=1S/C9H9N3.C6H5F.C2H6/c1-11-8-4-3-7(6-10)5-9(8)12-2;7-6-4-2-1-3-5-6;1-2/h3-5,12H,1H2,2H3;1-5H;1-2H3. The van der Waals surface area contributed by atoms with Crippen LogP contribution >= 0.6 is 0 Å². The van der Waals surface area contributed by atoms with Crippen molar-refractivity contribution in [1.82, 2.24) is 0 Å². The lowest BCUT2D eigenvalue weighted by atomic mass is 10.2. The van der Waals surface area contributed by atoms with Crippen molar-refractivity contribution in [1.29, 1.82) is 5.26 Å². The Labute approximate surface area is 125 Å². The Morgan fingerprint density at radius 2 is 1.76 bits per heavy atom. The third kappa shape index (κ3) is 6.88. The molecule has 0 spiro atoms. The highest BCUT2D eigenvalue weighted by molar-refractivity contribution is 5.69. The second-order valence-electron chi connectivity index (χ2n) is 3.55. The van der Waals surface area contributed by atoms with Gasteiger partial charge in [0.2, 0.25) is 0 Å². The van der Waals surface area contributed by atoms with Crippen LogP contribution in [-0.2, 0) is 0 Å². The summed E-state index contributed by atoms with van der Waals surface area (Å²) in [7, 11) is 1.78. The summed E-state index contributed by atoms with van der Waals surface area (Å²) in [5.74, 6) is -0.178. The second-order valence-corrected chi connectivity index (χ2v) is 3.55. The molecule has 0 bridgehead atoms. The van der Waals surface area contributed by atoms with Gasteiger partial charge < -0.3 is 5.32 Å². The first-order valence-corrected chi connectivity index (χ1v) is 6.60. The largest absolute Gasteiger partial charge is 0.386 e. The van der Waals surface area contributed by atoms with Crippen LogP contribution in [0.1, 0.15) is 19.4 Å². The fourth-order valence-electron chi connectivity index (χ4n) is 1.36. The van der Waals surface area contributed by atoms with Gasteiger partial charge in [0.15, 0.2) is 0 Å². The van der Waals surface area contributed by atoms with Gasteiger partial charge in [-0.2, -0.15) is 5.26 Å². The normalized spacial score (nSPS) is 8.14. The van der Waals surface area contributed by atoms with Crippen molar-refractivity contribution in [3.05, 3.63) is 59.9 Å². The fraction of sp³-hybridized carbons (Fsp3) is 0.176. The number of nitrogens with one attached hydrogen (secondary N) is 1. The molecule has 0 aromatic heterocycles. The van der Waals surface area contributed by atoms with Crippen LogP contribution in [-0.4, -0.2) is 13.8 Å². The van der Waals surface area contributed by atoms with Gasteiger partial charge in [0.25, 0.3) is 0 Å². The number of benzene rings is 2. The molecule has 0 saturated carbocycles. The molecular formula is C17H20FN3. The SMILES string of the molecule is C=Nc1ccc(C#N)cc1NC.CC.Fc1ccccc1. The van der Waals surface area contributed by atoms with Crippen molar-refractivity contribution in [2.45, 2.75) is 13.8 Å². The molecule has 1 N–H and O–H groups in total. The van der Waals surface area contributed by atoms with Crippen LogP contribution in [0.15, 0.2) is 53.5 Å². The number of nitrogens with zero attached hydrogens (tertiary/aromatic N) is 2. The summed E-state index contributed by atoms with van der Waals surface area (Å²) in [4.78, 5) is 3.79. The molecule has 0 unspecified atom stereocenters. The average molecular weight is 285 g/mol. The maximum absolute atomic E-state index is 11.9. The van der Waals surface area contributed by atoms with Crippen LogP contribution in [0, 0.1) is 17.1 Å². The van der Waals surface area contributed by atoms with E-state index in [9.17, 15) is 4.39 Å². The molecule has 110 valence electrons. The molecule has 3 nitrogen and oxygen atoms in total. The highest BCUT2D eigenvalue weighted by atomic mass is 19.1. The van der Waals surface area contributed by atoms with E-state index in [4.69, 9.17) is 5.26 Å². The summed E-state index contributed by atoms with van der Waals surface area (Å²) in [6.07, 6.45) is 0. The molecule has 0 radical (unpaired) electrons. The van der Waals surface area contributed by atoms with E-state index in [-0.39, 0.29) is 5.82 Å². The maximum atomic E-state index is 11.9.